The summed E-state index contributed by atoms with van der Waals surface area (Å²) in [5, 5.41) is 9.28. The predicted molar refractivity (Wildman–Crippen MR) is 78.7 cm³/mol. The van der Waals surface area contributed by atoms with E-state index in [9.17, 15) is 4.79 Å². The molecule has 1 heterocycles. The van der Waals surface area contributed by atoms with Gasteiger partial charge in [0.2, 0.25) is 0 Å². The van der Waals surface area contributed by atoms with Gasteiger partial charge in [-0.05, 0) is 42.5 Å². The second-order valence-corrected chi connectivity index (χ2v) is 5.46. The SMILES string of the molecule is CC1CCN(c2ccc(/C=C/C(=O)O)cc2Cl)CC1. The van der Waals surface area contributed by atoms with E-state index in [4.69, 9.17) is 16.7 Å². The van der Waals surface area contributed by atoms with Crippen LogP contribution in [0, 0.1) is 5.92 Å². The number of hydrogen-bond donors (Lipinski definition) is 1. The molecular weight excluding hydrogens is 262 g/mol. The number of carbonyl (C=O) groups is 1. The van der Waals surface area contributed by atoms with Gasteiger partial charge in [-0.25, -0.2) is 4.79 Å². The molecule has 0 radical (unpaired) electrons. The van der Waals surface area contributed by atoms with Crippen molar-refractivity contribution >= 4 is 29.3 Å². The molecule has 1 aromatic rings. The average Bonchev–Trinajstić information content (AvgIpc) is 2.38. The summed E-state index contributed by atoms with van der Waals surface area (Å²) in [6.45, 7) is 4.34. The van der Waals surface area contributed by atoms with Crippen molar-refractivity contribution in [1.29, 1.82) is 0 Å². The predicted octanol–water partition coefficient (Wildman–Crippen LogP) is 3.67. The minimum absolute atomic E-state index is 0.682. The second kappa shape index (κ2) is 6.11. The van der Waals surface area contributed by atoms with Gasteiger partial charge in [0.05, 0.1) is 10.7 Å². The van der Waals surface area contributed by atoms with Crippen LogP contribution in [0.4, 0.5) is 5.69 Å². The molecule has 1 fully saturated rings. The van der Waals surface area contributed by atoms with Crippen LogP contribution in [-0.2, 0) is 4.79 Å². The van der Waals surface area contributed by atoms with Crippen LogP contribution in [0.2, 0.25) is 5.02 Å². The van der Waals surface area contributed by atoms with E-state index in [1.807, 2.05) is 18.2 Å². The van der Waals surface area contributed by atoms with Crippen molar-refractivity contribution in [3.8, 4) is 0 Å². The van der Waals surface area contributed by atoms with Crippen molar-refractivity contribution in [3.05, 3.63) is 34.9 Å². The van der Waals surface area contributed by atoms with E-state index in [2.05, 4.69) is 11.8 Å². The monoisotopic (exact) mass is 279 g/mol. The topological polar surface area (TPSA) is 40.5 Å². The second-order valence-electron chi connectivity index (χ2n) is 5.05. The van der Waals surface area contributed by atoms with Crippen molar-refractivity contribution in [2.45, 2.75) is 19.8 Å². The fourth-order valence-corrected chi connectivity index (χ4v) is 2.61. The molecule has 0 aliphatic carbocycles. The summed E-state index contributed by atoms with van der Waals surface area (Å²) >= 11 is 6.29. The molecule has 0 aromatic heterocycles. The number of anilines is 1. The Morgan fingerprint density at radius 1 is 1.42 bits per heavy atom. The van der Waals surface area contributed by atoms with Crippen molar-refractivity contribution in [2.75, 3.05) is 18.0 Å². The van der Waals surface area contributed by atoms with Crippen LogP contribution >= 0.6 is 11.6 Å². The highest BCUT2D eigenvalue weighted by Crippen LogP contribution is 2.30. The molecule has 1 aromatic carbocycles. The summed E-state index contributed by atoms with van der Waals surface area (Å²) in [7, 11) is 0. The Bertz CT molecular complexity index is 491. The Balaban J connectivity index is 2.13. The van der Waals surface area contributed by atoms with Gasteiger partial charge in [0.1, 0.15) is 0 Å². The van der Waals surface area contributed by atoms with Crippen LogP contribution in [0.1, 0.15) is 25.3 Å². The minimum atomic E-state index is -0.954. The Hall–Kier alpha value is -1.48. The molecule has 0 atom stereocenters. The number of carboxylic acids is 1. The molecule has 0 spiro atoms. The molecule has 3 nitrogen and oxygen atoms in total. The lowest BCUT2D eigenvalue weighted by molar-refractivity contribution is -0.131. The molecule has 0 saturated carbocycles. The van der Waals surface area contributed by atoms with Gasteiger partial charge in [-0.2, -0.15) is 0 Å². The minimum Gasteiger partial charge on any atom is -0.478 e. The molecule has 1 saturated heterocycles. The number of nitrogens with zero attached hydrogens (tertiary/aromatic N) is 1. The van der Waals surface area contributed by atoms with E-state index < -0.39 is 5.97 Å². The van der Waals surface area contributed by atoms with Gasteiger partial charge < -0.3 is 10.0 Å². The first-order valence-electron chi connectivity index (χ1n) is 6.52. The fourth-order valence-electron chi connectivity index (χ4n) is 2.30. The highest BCUT2D eigenvalue weighted by molar-refractivity contribution is 6.33. The lowest BCUT2D eigenvalue weighted by Gasteiger charge is -2.32. The van der Waals surface area contributed by atoms with Gasteiger partial charge in [-0.3, -0.25) is 0 Å². The average molecular weight is 280 g/mol. The number of carboxylic acid groups (broad SMARTS) is 1. The number of hydrogen-bond acceptors (Lipinski definition) is 2. The van der Waals surface area contributed by atoms with Crippen molar-refractivity contribution in [3.63, 3.8) is 0 Å². The lowest BCUT2D eigenvalue weighted by Crippen LogP contribution is -2.32. The maximum atomic E-state index is 10.5. The van der Waals surface area contributed by atoms with Gasteiger partial charge in [0.25, 0.3) is 0 Å². The summed E-state index contributed by atoms with van der Waals surface area (Å²) in [4.78, 5) is 12.8. The zero-order valence-electron chi connectivity index (χ0n) is 11.0. The van der Waals surface area contributed by atoms with Crippen molar-refractivity contribution in [2.24, 2.45) is 5.92 Å². The van der Waals surface area contributed by atoms with Gasteiger partial charge in [0.15, 0.2) is 0 Å². The first-order valence-corrected chi connectivity index (χ1v) is 6.89. The molecular formula is C15H18ClNO2. The first-order chi connectivity index (χ1) is 9.06. The van der Waals surface area contributed by atoms with Crippen LogP contribution in [0.5, 0.6) is 0 Å². The van der Waals surface area contributed by atoms with Crippen LogP contribution in [-0.4, -0.2) is 24.2 Å². The van der Waals surface area contributed by atoms with Crippen LogP contribution in [0.25, 0.3) is 6.08 Å². The molecule has 1 aliphatic rings. The Morgan fingerprint density at radius 3 is 2.68 bits per heavy atom. The smallest absolute Gasteiger partial charge is 0.328 e. The number of rotatable bonds is 3. The Kier molecular flexibility index (Phi) is 4.48. The van der Waals surface area contributed by atoms with E-state index in [1.165, 1.54) is 12.8 Å². The fraction of sp³-hybridized carbons (Fsp3) is 0.400. The molecule has 0 amide bonds. The molecule has 102 valence electrons. The van der Waals surface area contributed by atoms with E-state index in [0.717, 1.165) is 36.3 Å². The number of aliphatic carboxylic acids is 1. The number of benzene rings is 1. The molecule has 2 rings (SSSR count). The summed E-state index contributed by atoms with van der Waals surface area (Å²) in [6.07, 6.45) is 5.05. The molecule has 19 heavy (non-hydrogen) atoms. The Labute approximate surface area is 118 Å². The molecule has 1 N–H and O–H groups in total. The summed E-state index contributed by atoms with van der Waals surface area (Å²) in [5.74, 6) is -0.169. The molecule has 4 heteroatoms. The normalized spacial score (nSPS) is 17.1. The highest BCUT2D eigenvalue weighted by atomic mass is 35.5. The quantitative estimate of drug-likeness (QED) is 0.858. The Morgan fingerprint density at radius 2 is 2.11 bits per heavy atom. The number of halogens is 1. The largest absolute Gasteiger partial charge is 0.478 e. The van der Waals surface area contributed by atoms with E-state index in [0.29, 0.717) is 5.02 Å². The third-order valence-corrected chi connectivity index (χ3v) is 3.82. The van der Waals surface area contributed by atoms with Crippen LogP contribution in [0.15, 0.2) is 24.3 Å². The third-order valence-electron chi connectivity index (χ3n) is 3.51. The maximum Gasteiger partial charge on any atom is 0.328 e. The zero-order chi connectivity index (χ0) is 13.8. The van der Waals surface area contributed by atoms with E-state index in [1.54, 1.807) is 6.08 Å². The molecule has 1 aliphatic heterocycles. The van der Waals surface area contributed by atoms with Crippen LogP contribution in [0.3, 0.4) is 0 Å². The number of piperidine rings is 1. The summed E-state index contributed by atoms with van der Waals surface area (Å²) < 4.78 is 0. The van der Waals surface area contributed by atoms with E-state index in [-0.39, 0.29) is 0 Å². The highest BCUT2D eigenvalue weighted by Gasteiger charge is 2.17. The summed E-state index contributed by atoms with van der Waals surface area (Å²) in [6, 6.07) is 5.69. The van der Waals surface area contributed by atoms with Gasteiger partial charge in [0, 0.05) is 19.2 Å². The molecule has 0 bridgehead atoms. The zero-order valence-corrected chi connectivity index (χ0v) is 11.7. The van der Waals surface area contributed by atoms with Crippen LogP contribution < -0.4 is 4.90 Å². The standard InChI is InChI=1S/C15H18ClNO2/c1-11-6-8-17(9-7-11)14-4-2-12(10-13(14)16)3-5-15(18)19/h2-5,10-11H,6-9H2,1H3,(H,18,19)/b5-3+. The first kappa shape index (κ1) is 13.9. The summed E-state index contributed by atoms with van der Waals surface area (Å²) in [5.41, 5.74) is 1.85. The van der Waals surface area contributed by atoms with Gasteiger partial charge in [-0.1, -0.05) is 24.6 Å². The van der Waals surface area contributed by atoms with Crippen molar-refractivity contribution < 1.29 is 9.90 Å². The van der Waals surface area contributed by atoms with Gasteiger partial charge in [-0.15, -0.1) is 0 Å². The maximum absolute atomic E-state index is 10.5. The third kappa shape index (κ3) is 3.74. The molecule has 0 unspecified atom stereocenters. The van der Waals surface area contributed by atoms with Crippen molar-refractivity contribution in [1.82, 2.24) is 0 Å². The lowest BCUT2D eigenvalue weighted by atomic mass is 9.98. The van der Waals surface area contributed by atoms with Gasteiger partial charge >= 0.3 is 5.97 Å². The van der Waals surface area contributed by atoms with E-state index >= 15 is 0 Å².